The van der Waals surface area contributed by atoms with Gasteiger partial charge in [0.1, 0.15) is 5.76 Å². The summed E-state index contributed by atoms with van der Waals surface area (Å²) in [4.78, 5) is 12.7. The van der Waals surface area contributed by atoms with E-state index < -0.39 is 11.6 Å². The first-order valence-corrected chi connectivity index (χ1v) is 5.76. The third-order valence-electron chi connectivity index (χ3n) is 3.07. The first kappa shape index (κ1) is 12.1. The molecule has 2 heterocycles. The quantitative estimate of drug-likeness (QED) is 0.822. The van der Waals surface area contributed by atoms with Crippen molar-refractivity contribution >= 4 is 5.97 Å². The van der Waals surface area contributed by atoms with E-state index in [4.69, 9.17) is 9.52 Å². The summed E-state index contributed by atoms with van der Waals surface area (Å²) in [5.74, 6) is -0.114. The summed E-state index contributed by atoms with van der Waals surface area (Å²) in [5, 5.41) is 19.0. The van der Waals surface area contributed by atoms with Gasteiger partial charge in [-0.1, -0.05) is 0 Å². The molecule has 17 heavy (non-hydrogen) atoms. The highest BCUT2D eigenvalue weighted by atomic mass is 16.4. The van der Waals surface area contributed by atoms with E-state index in [0.717, 1.165) is 18.7 Å². The lowest BCUT2D eigenvalue weighted by Crippen LogP contribution is -2.48. The Hall–Kier alpha value is -1.33. The molecule has 1 saturated heterocycles. The first-order valence-electron chi connectivity index (χ1n) is 5.76. The van der Waals surface area contributed by atoms with Crippen molar-refractivity contribution in [2.75, 3.05) is 13.1 Å². The van der Waals surface area contributed by atoms with Gasteiger partial charge in [0.05, 0.1) is 24.8 Å². The molecular weight excluding hydrogens is 222 g/mol. The molecule has 1 aromatic rings. The molecule has 94 valence electrons. The van der Waals surface area contributed by atoms with Crippen molar-refractivity contribution in [2.24, 2.45) is 0 Å². The zero-order chi connectivity index (χ0) is 12.3. The van der Waals surface area contributed by atoms with E-state index in [2.05, 4.69) is 0 Å². The summed E-state index contributed by atoms with van der Waals surface area (Å²) in [6.45, 7) is 1.87. The molecule has 1 fully saturated rings. The number of hydrogen-bond acceptors (Lipinski definition) is 4. The van der Waals surface area contributed by atoms with Gasteiger partial charge < -0.3 is 14.6 Å². The predicted molar refractivity (Wildman–Crippen MR) is 60.4 cm³/mol. The number of aliphatic carboxylic acids is 1. The summed E-state index contributed by atoms with van der Waals surface area (Å²) < 4.78 is 5.25. The minimum Gasteiger partial charge on any atom is -0.481 e. The Morgan fingerprint density at radius 2 is 2.41 bits per heavy atom. The van der Waals surface area contributed by atoms with Crippen molar-refractivity contribution in [3.8, 4) is 0 Å². The second-order valence-electron chi connectivity index (χ2n) is 4.69. The van der Waals surface area contributed by atoms with Gasteiger partial charge in [0.2, 0.25) is 0 Å². The molecule has 0 aliphatic carbocycles. The van der Waals surface area contributed by atoms with Gasteiger partial charge in [0.25, 0.3) is 0 Å². The molecule has 5 heteroatoms. The first-order chi connectivity index (χ1) is 8.07. The Balaban J connectivity index is 1.94. The van der Waals surface area contributed by atoms with Crippen LogP contribution in [-0.2, 0) is 11.3 Å². The highest BCUT2D eigenvalue weighted by Crippen LogP contribution is 2.25. The van der Waals surface area contributed by atoms with Crippen molar-refractivity contribution in [3.63, 3.8) is 0 Å². The average Bonchev–Trinajstić information content (AvgIpc) is 2.68. The Labute approximate surface area is 99.6 Å². The van der Waals surface area contributed by atoms with Crippen molar-refractivity contribution in [2.45, 2.75) is 31.4 Å². The lowest BCUT2D eigenvalue weighted by Gasteiger charge is -2.37. The van der Waals surface area contributed by atoms with Gasteiger partial charge in [-0.2, -0.15) is 0 Å². The second-order valence-corrected chi connectivity index (χ2v) is 4.69. The van der Waals surface area contributed by atoms with Crippen molar-refractivity contribution in [1.82, 2.24) is 4.90 Å². The third kappa shape index (κ3) is 3.31. The van der Waals surface area contributed by atoms with Crippen LogP contribution in [0.5, 0.6) is 0 Å². The number of likely N-dealkylation sites (tertiary alicyclic amines) is 1. The highest BCUT2D eigenvalue weighted by molar-refractivity contribution is 5.68. The molecule has 0 bridgehead atoms. The number of carboxylic acids is 1. The van der Waals surface area contributed by atoms with Crippen LogP contribution in [0.1, 0.15) is 25.0 Å². The molecule has 1 aliphatic heterocycles. The van der Waals surface area contributed by atoms with Crippen LogP contribution < -0.4 is 0 Å². The molecule has 5 nitrogen and oxygen atoms in total. The van der Waals surface area contributed by atoms with Gasteiger partial charge in [-0.05, 0) is 31.5 Å². The zero-order valence-electron chi connectivity index (χ0n) is 9.63. The van der Waals surface area contributed by atoms with Crippen LogP contribution in [0.4, 0.5) is 0 Å². The number of hydrogen-bond donors (Lipinski definition) is 2. The van der Waals surface area contributed by atoms with Gasteiger partial charge in [-0.3, -0.25) is 9.69 Å². The number of carboxylic acid groups (broad SMARTS) is 1. The van der Waals surface area contributed by atoms with Gasteiger partial charge in [0, 0.05) is 6.54 Å². The summed E-state index contributed by atoms with van der Waals surface area (Å²) in [5.41, 5.74) is -1.10. The Morgan fingerprint density at radius 3 is 3.06 bits per heavy atom. The third-order valence-corrected chi connectivity index (χ3v) is 3.07. The maximum absolute atomic E-state index is 10.7. The maximum atomic E-state index is 10.7. The lowest BCUT2D eigenvalue weighted by atomic mass is 9.89. The molecule has 2 rings (SSSR count). The van der Waals surface area contributed by atoms with E-state index in [1.807, 2.05) is 17.0 Å². The number of rotatable bonds is 4. The minimum absolute atomic E-state index is 0.193. The van der Waals surface area contributed by atoms with E-state index in [1.54, 1.807) is 6.26 Å². The molecule has 0 amide bonds. The number of piperidine rings is 1. The number of β-amino-alcohol motifs (C(OH)–C–C–N with tert-alkyl or cyclic N) is 1. The lowest BCUT2D eigenvalue weighted by molar-refractivity contribution is -0.145. The monoisotopic (exact) mass is 239 g/mol. The van der Waals surface area contributed by atoms with Crippen LogP contribution in [0.3, 0.4) is 0 Å². The van der Waals surface area contributed by atoms with Crippen LogP contribution in [0.2, 0.25) is 0 Å². The van der Waals surface area contributed by atoms with Crippen LogP contribution in [0, 0.1) is 0 Å². The van der Waals surface area contributed by atoms with Crippen LogP contribution in [0.25, 0.3) is 0 Å². The van der Waals surface area contributed by atoms with Crippen LogP contribution >= 0.6 is 0 Å². The van der Waals surface area contributed by atoms with Crippen molar-refractivity contribution in [3.05, 3.63) is 24.2 Å². The molecule has 1 aliphatic rings. The molecule has 1 atom stereocenters. The van der Waals surface area contributed by atoms with Crippen LogP contribution in [0.15, 0.2) is 22.8 Å². The molecule has 0 aromatic carbocycles. The summed E-state index contributed by atoms with van der Waals surface area (Å²) >= 11 is 0. The molecule has 0 saturated carbocycles. The SMILES string of the molecule is O=C(O)CC1(O)CCCN(Cc2ccco2)C1. The fraction of sp³-hybridized carbons (Fsp3) is 0.583. The summed E-state index contributed by atoms with van der Waals surface area (Å²) in [6.07, 6.45) is 2.78. The zero-order valence-corrected chi connectivity index (χ0v) is 9.63. The van der Waals surface area contributed by atoms with Crippen molar-refractivity contribution < 1.29 is 19.4 Å². The van der Waals surface area contributed by atoms with Gasteiger partial charge in [-0.15, -0.1) is 0 Å². The highest BCUT2D eigenvalue weighted by Gasteiger charge is 2.35. The molecule has 0 radical (unpaired) electrons. The Morgan fingerprint density at radius 1 is 1.59 bits per heavy atom. The Kier molecular flexibility index (Phi) is 3.49. The normalized spacial score (nSPS) is 25.9. The molecule has 2 N–H and O–H groups in total. The fourth-order valence-electron chi connectivity index (χ4n) is 2.39. The predicted octanol–water partition coefficient (Wildman–Crippen LogP) is 1.08. The standard InChI is InChI=1S/C12H17NO4/c14-11(15)7-12(16)4-2-5-13(9-12)8-10-3-1-6-17-10/h1,3,6,16H,2,4-5,7-9H2,(H,14,15). The summed E-state index contributed by atoms with van der Waals surface area (Å²) in [7, 11) is 0. The van der Waals surface area contributed by atoms with E-state index in [0.29, 0.717) is 19.5 Å². The topological polar surface area (TPSA) is 73.9 Å². The molecular formula is C12H17NO4. The van der Waals surface area contributed by atoms with E-state index in [-0.39, 0.29) is 6.42 Å². The average molecular weight is 239 g/mol. The molecule has 0 spiro atoms. The van der Waals surface area contributed by atoms with Crippen LogP contribution in [-0.4, -0.2) is 39.8 Å². The van der Waals surface area contributed by atoms with Gasteiger partial charge in [-0.25, -0.2) is 0 Å². The maximum Gasteiger partial charge on any atom is 0.306 e. The van der Waals surface area contributed by atoms with Gasteiger partial charge >= 0.3 is 5.97 Å². The number of furan rings is 1. The number of nitrogens with zero attached hydrogens (tertiary/aromatic N) is 1. The fourth-order valence-corrected chi connectivity index (χ4v) is 2.39. The number of carbonyl (C=O) groups is 1. The minimum atomic E-state index is -1.10. The van der Waals surface area contributed by atoms with Crippen molar-refractivity contribution in [1.29, 1.82) is 0 Å². The Bertz CT molecular complexity index is 376. The molecule has 1 aromatic heterocycles. The van der Waals surface area contributed by atoms with E-state index >= 15 is 0 Å². The largest absolute Gasteiger partial charge is 0.481 e. The molecule has 1 unspecified atom stereocenters. The second kappa shape index (κ2) is 4.89. The van der Waals surface area contributed by atoms with Gasteiger partial charge in [0.15, 0.2) is 0 Å². The number of aliphatic hydroxyl groups is 1. The van der Waals surface area contributed by atoms with E-state index in [9.17, 15) is 9.90 Å². The van der Waals surface area contributed by atoms with E-state index in [1.165, 1.54) is 0 Å². The summed E-state index contributed by atoms with van der Waals surface area (Å²) in [6, 6.07) is 3.70. The smallest absolute Gasteiger partial charge is 0.306 e.